The fraction of sp³-hybridized carbons (Fsp3) is 0.625. The highest BCUT2D eigenvalue weighted by Gasteiger charge is 2.35. The lowest BCUT2D eigenvalue weighted by Gasteiger charge is -2.48. The summed E-state index contributed by atoms with van der Waals surface area (Å²) in [5.74, 6) is 0. The number of hydrogen-bond donors (Lipinski definition) is 1. The summed E-state index contributed by atoms with van der Waals surface area (Å²) in [5.41, 5.74) is 1.55. The molecule has 0 aromatic heterocycles. The van der Waals surface area contributed by atoms with E-state index >= 15 is 0 Å². The van der Waals surface area contributed by atoms with Crippen LogP contribution in [0.2, 0.25) is 5.02 Å². The van der Waals surface area contributed by atoms with Crippen molar-refractivity contribution in [3.8, 4) is 0 Å². The molecule has 1 heterocycles. The van der Waals surface area contributed by atoms with Crippen LogP contribution in [0, 0.1) is 0 Å². The van der Waals surface area contributed by atoms with Crippen molar-refractivity contribution >= 4 is 11.6 Å². The van der Waals surface area contributed by atoms with E-state index in [0.717, 1.165) is 31.1 Å². The second-order valence-corrected chi connectivity index (χ2v) is 6.28. The Kier molecular flexibility index (Phi) is 4.88. The fourth-order valence-electron chi connectivity index (χ4n) is 2.76. The van der Waals surface area contributed by atoms with Crippen molar-refractivity contribution in [2.24, 2.45) is 0 Å². The van der Waals surface area contributed by atoms with Gasteiger partial charge in [-0.05, 0) is 37.5 Å². The van der Waals surface area contributed by atoms with Crippen molar-refractivity contribution in [1.82, 2.24) is 10.2 Å². The lowest BCUT2D eigenvalue weighted by atomic mass is 9.91. The molecular formula is C16H25ClN2. The van der Waals surface area contributed by atoms with Gasteiger partial charge in [0.15, 0.2) is 0 Å². The second kappa shape index (κ2) is 6.25. The molecule has 1 N–H and O–H groups in total. The molecule has 0 amide bonds. The van der Waals surface area contributed by atoms with Gasteiger partial charge in [0.2, 0.25) is 0 Å². The average molecular weight is 281 g/mol. The van der Waals surface area contributed by atoms with Crippen LogP contribution in [0.25, 0.3) is 0 Å². The van der Waals surface area contributed by atoms with E-state index < -0.39 is 0 Å². The minimum Gasteiger partial charge on any atom is -0.311 e. The number of halogens is 1. The molecule has 1 saturated heterocycles. The van der Waals surface area contributed by atoms with Gasteiger partial charge < -0.3 is 5.32 Å². The first-order chi connectivity index (χ1) is 9.07. The highest BCUT2D eigenvalue weighted by Crippen LogP contribution is 2.26. The van der Waals surface area contributed by atoms with Crippen LogP contribution < -0.4 is 5.32 Å². The summed E-state index contributed by atoms with van der Waals surface area (Å²) in [6, 6.07) is 8.85. The molecular weight excluding hydrogens is 256 g/mol. The molecule has 1 aromatic carbocycles. The lowest BCUT2D eigenvalue weighted by Crippen LogP contribution is -2.62. The maximum atomic E-state index is 6.09. The maximum absolute atomic E-state index is 6.09. The van der Waals surface area contributed by atoms with Crippen LogP contribution in [0.5, 0.6) is 0 Å². The van der Waals surface area contributed by atoms with E-state index in [2.05, 4.69) is 43.1 Å². The summed E-state index contributed by atoms with van der Waals surface area (Å²) in [7, 11) is 0. The Bertz CT molecular complexity index is 421. The largest absolute Gasteiger partial charge is 0.311 e. The topological polar surface area (TPSA) is 15.3 Å². The molecule has 0 spiro atoms. The quantitative estimate of drug-likeness (QED) is 0.905. The van der Waals surface area contributed by atoms with E-state index in [-0.39, 0.29) is 5.54 Å². The first kappa shape index (κ1) is 14.8. The van der Waals surface area contributed by atoms with Crippen LogP contribution in [0.1, 0.15) is 39.2 Å². The Morgan fingerprint density at radius 3 is 2.84 bits per heavy atom. The van der Waals surface area contributed by atoms with E-state index in [1.54, 1.807) is 0 Å². The van der Waals surface area contributed by atoms with Gasteiger partial charge in [0.05, 0.1) is 0 Å². The van der Waals surface area contributed by atoms with Crippen LogP contribution >= 0.6 is 11.6 Å². The Balaban J connectivity index is 2.14. The Morgan fingerprint density at radius 1 is 1.42 bits per heavy atom. The fourth-order valence-corrected chi connectivity index (χ4v) is 2.97. The molecule has 19 heavy (non-hydrogen) atoms. The molecule has 1 aliphatic rings. The Labute approximate surface area is 122 Å². The van der Waals surface area contributed by atoms with Crippen molar-refractivity contribution in [2.45, 2.75) is 51.7 Å². The SMILES string of the molecule is CCC1CN(Cc2cccc(Cl)c2)C(C)(CC)CN1. The van der Waals surface area contributed by atoms with Crippen molar-refractivity contribution in [3.05, 3.63) is 34.9 Å². The number of hydrogen-bond acceptors (Lipinski definition) is 2. The molecule has 2 unspecified atom stereocenters. The summed E-state index contributed by atoms with van der Waals surface area (Å²) >= 11 is 6.09. The predicted octanol–water partition coefficient (Wildman–Crippen LogP) is 3.69. The zero-order valence-corrected chi connectivity index (χ0v) is 13.0. The smallest absolute Gasteiger partial charge is 0.0409 e. The summed E-state index contributed by atoms with van der Waals surface area (Å²) in [4.78, 5) is 2.61. The van der Waals surface area contributed by atoms with Crippen LogP contribution in [0.15, 0.2) is 24.3 Å². The van der Waals surface area contributed by atoms with Crippen molar-refractivity contribution in [3.63, 3.8) is 0 Å². The van der Waals surface area contributed by atoms with Crippen molar-refractivity contribution < 1.29 is 0 Å². The van der Waals surface area contributed by atoms with Gasteiger partial charge in [-0.25, -0.2) is 0 Å². The lowest BCUT2D eigenvalue weighted by molar-refractivity contribution is 0.0408. The molecule has 1 aliphatic heterocycles. The molecule has 106 valence electrons. The van der Waals surface area contributed by atoms with Crippen LogP contribution in [0.4, 0.5) is 0 Å². The van der Waals surface area contributed by atoms with Gasteiger partial charge in [-0.1, -0.05) is 37.6 Å². The van der Waals surface area contributed by atoms with Gasteiger partial charge in [0.25, 0.3) is 0 Å². The highest BCUT2D eigenvalue weighted by atomic mass is 35.5. The number of piperazine rings is 1. The molecule has 3 heteroatoms. The first-order valence-electron chi connectivity index (χ1n) is 7.30. The summed E-state index contributed by atoms with van der Waals surface area (Å²) in [5, 5.41) is 4.50. The van der Waals surface area contributed by atoms with Gasteiger partial charge in [-0.3, -0.25) is 4.90 Å². The van der Waals surface area contributed by atoms with Gasteiger partial charge in [0, 0.05) is 36.2 Å². The molecule has 0 saturated carbocycles. The Hall–Kier alpha value is -0.570. The van der Waals surface area contributed by atoms with Gasteiger partial charge in [0.1, 0.15) is 0 Å². The molecule has 0 aliphatic carbocycles. The van der Waals surface area contributed by atoms with Gasteiger partial charge in [-0.2, -0.15) is 0 Å². The maximum Gasteiger partial charge on any atom is 0.0409 e. The predicted molar refractivity (Wildman–Crippen MR) is 82.6 cm³/mol. The normalized spacial score (nSPS) is 28.5. The van der Waals surface area contributed by atoms with Gasteiger partial charge in [-0.15, -0.1) is 0 Å². The third-order valence-electron chi connectivity index (χ3n) is 4.49. The van der Waals surface area contributed by atoms with E-state index in [9.17, 15) is 0 Å². The van der Waals surface area contributed by atoms with Crippen LogP contribution in [0.3, 0.4) is 0 Å². The molecule has 2 nitrogen and oxygen atoms in total. The molecule has 0 radical (unpaired) electrons. The van der Waals surface area contributed by atoms with Crippen LogP contribution in [-0.2, 0) is 6.54 Å². The summed E-state index contributed by atoms with van der Waals surface area (Å²) in [6.07, 6.45) is 2.35. The van der Waals surface area contributed by atoms with Gasteiger partial charge >= 0.3 is 0 Å². The highest BCUT2D eigenvalue weighted by molar-refractivity contribution is 6.30. The molecule has 0 bridgehead atoms. The molecule has 2 rings (SSSR count). The van der Waals surface area contributed by atoms with E-state index in [0.29, 0.717) is 6.04 Å². The summed E-state index contributed by atoms with van der Waals surface area (Å²) < 4.78 is 0. The second-order valence-electron chi connectivity index (χ2n) is 5.85. The molecule has 2 atom stereocenters. The molecule has 1 fully saturated rings. The zero-order valence-electron chi connectivity index (χ0n) is 12.2. The first-order valence-corrected chi connectivity index (χ1v) is 7.68. The monoisotopic (exact) mass is 280 g/mol. The number of nitrogens with one attached hydrogen (secondary N) is 1. The minimum absolute atomic E-state index is 0.244. The van der Waals surface area contributed by atoms with Crippen molar-refractivity contribution in [2.75, 3.05) is 13.1 Å². The number of nitrogens with zero attached hydrogens (tertiary/aromatic N) is 1. The van der Waals surface area contributed by atoms with E-state index in [1.807, 2.05) is 12.1 Å². The number of rotatable bonds is 4. The minimum atomic E-state index is 0.244. The number of benzene rings is 1. The Morgan fingerprint density at radius 2 is 2.21 bits per heavy atom. The average Bonchev–Trinajstić information content (AvgIpc) is 2.41. The van der Waals surface area contributed by atoms with Crippen LogP contribution in [-0.4, -0.2) is 29.6 Å². The van der Waals surface area contributed by atoms with Crippen molar-refractivity contribution in [1.29, 1.82) is 0 Å². The third-order valence-corrected chi connectivity index (χ3v) is 4.73. The third kappa shape index (κ3) is 3.50. The summed E-state index contributed by atoms with van der Waals surface area (Å²) in [6.45, 7) is 10.1. The van der Waals surface area contributed by atoms with E-state index in [4.69, 9.17) is 11.6 Å². The molecule has 1 aromatic rings. The van der Waals surface area contributed by atoms with E-state index in [1.165, 1.54) is 12.0 Å². The standard InChI is InChI=1S/C16H25ClN2/c1-4-15-11-19(16(3,5-2)12-18-15)10-13-7-6-8-14(17)9-13/h6-9,15,18H,4-5,10-12H2,1-3H3. The zero-order chi connectivity index (χ0) is 13.9.